The number of fused-ring (bicyclic) bond motifs is 1. The molecule has 2 heterocycles. The van der Waals surface area contributed by atoms with E-state index in [1.165, 1.54) is 32.1 Å². The monoisotopic (exact) mass is 493 g/mol. The molecule has 2 aliphatic heterocycles. The van der Waals surface area contributed by atoms with Gasteiger partial charge in [0.2, 0.25) is 5.91 Å². The van der Waals surface area contributed by atoms with E-state index in [9.17, 15) is 14.7 Å². The molecule has 8 nitrogen and oxygen atoms in total. The number of nitrogens with zero attached hydrogens (tertiary/aromatic N) is 1. The lowest BCUT2D eigenvalue weighted by atomic mass is 9.89. The molecule has 188 valence electrons. The van der Waals surface area contributed by atoms with Crippen LogP contribution in [0.15, 0.2) is 24.3 Å². The lowest BCUT2D eigenvalue weighted by molar-refractivity contribution is -0.149. The van der Waals surface area contributed by atoms with Crippen LogP contribution in [0.5, 0.6) is 0 Å². The summed E-state index contributed by atoms with van der Waals surface area (Å²) in [6, 6.07) is 6.39. The smallest absolute Gasteiger partial charge is 0.322 e. The molecule has 3 amide bonds. The van der Waals surface area contributed by atoms with E-state index in [2.05, 4.69) is 10.6 Å². The number of nitrogens with one attached hydrogen (secondary N) is 2. The Balaban J connectivity index is 1.33. The number of anilines is 1. The quantitative estimate of drug-likeness (QED) is 0.582. The molecule has 0 aromatic heterocycles. The number of carbonyl (C=O) groups is 2. The topological polar surface area (TPSA) is 100 Å². The lowest BCUT2D eigenvalue weighted by Gasteiger charge is -2.44. The van der Waals surface area contributed by atoms with E-state index in [0.717, 1.165) is 6.54 Å². The van der Waals surface area contributed by atoms with Gasteiger partial charge in [0.15, 0.2) is 0 Å². The first kappa shape index (κ1) is 25.2. The van der Waals surface area contributed by atoms with Crippen molar-refractivity contribution in [1.82, 2.24) is 10.2 Å². The minimum absolute atomic E-state index is 0.0202. The van der Waals surface area contributed by atoms with Crippen molar-refractivity contribution in [2.24, 2.45) is 5.92 Å². The number of carbonyl (C=O) groups excluding carboxylic acids is 2. The molecule has 0 unspecified atom stereocenters. The summed E-state index contributed by atoms with van der Waals surface area (Å²) in [6.07, 6.45) is 6.50. The van der Waals surface area contributed by atoms with Gasteiger partial charge in [-0.3, -0.25) is 4.79 Å². The van der Waals surface area contributed by atoms with Gasteiger partial charge in [-0.25, -0.2) is 4.79 Å². The Morgan fingerprint density at radius 1 is 1.12 bits per heavy atom. The van der Waals surface area contributed by atoms with Gasteiger partial charge in [0.05, 0.1) is 44.4 Å². The van der Waals surface area contributed by atoms with E-state index < -0.39 is 6.10 Å². The summed E-state index contributed by atoms with van der Waals surface area (Å²) in [6.45, 7) is 1.28. The maximum atomic E-state index is 13.1. The molecule has 3 N–H and O–H groups in total. The third-order valence-electron chi connectivity index (χ3n) is 7.04. The minimum Gasteiger partial charge on any atom is -0.389 e. The number of halogens is 1. The zero-order chi connectivity index (χ0) is 23.9. The molecule has 3 aliphatic rings. The van der Waals surface area contributed by atoms with Gasteiger partial charge in [-0.1, -0.05) is 36.9 Å². The van der Waals surface area contributed by atoms with Crippen molar-refractivity contribution in [2.45, 2.75) is 75.7 Å². The molecule has 4 atom stereocenters. The van der Waals surface area contributed by atoms with Crippen molar-refractivity contribution in [3.8, 4) is 0 Å². The number of aliphatic hydroxyl groups excluding tert-OH is 1. The summed E-state index contributed by atoms with van der Waals surface area (Å²) in [7, 11) is 0. The highest BCUT2D eigenvalue weighted by molar-refractivity contribution is 6.30. The third-order valence-corrected chi connectivity index (χ3v) is 7.28. The predicted octanol–water partition coefficient (Wildman–Crippen LogP) is 3.57. The van der Waals surface area contributed by atoms with Gasteiger partial charge in [-0.15, -0.1) is 0 Å². The molecular formula is C25H36ClN3O5. The number of rotatable bonds is 5. The number of hydrogen-bond donors (Lipinski definition) is 3. The maximum Gasteiger partial charge on any atom is 0.322 e. The average molecular weight is 494 g/mol. The van der Waals surface area contributed by atoms with Crippen molar-refractivity contribution in [2.75, 3.05) is 31.6 Å². The molecular weight excluding hydrogens is 458 g/mol. The highest BCUT2D eigenvalue weighted by Gasteiger charge is 2.40. The van der Waals surface area contributed by atoms with Crippen molar-refractivity contribution >= 4 is 29.2 Å². The van der Waals surface area contributed by atoms with Gasteiger partial charge < -0.3 is 30.1 Å². The fraction of sp³-hybridized carbons (Fsp3) is 0.680. The van der Waals surface area contributed by atoms with Crippen LogP contribution in [0.2, 0.25) is 5.02 Å². The molecule has 4 rings (SSSR count). The molecule has 1 aliphatic carbocycles. The molecule has 3 fully saturated rings. The first-order chi connectivity index (χ1) is 16.5. The Kier molecular flexibility index (Phi) is 9.05. The number of β-amino-alcohol motifs (C(OH)–C–C–N with tert-alkyl or cyclic N) is 1. The average Bonchev–Trinajstić information content (AvgIpc) is 2.81. The Hall–Kier alpha value is -1.87. The van der Waals surface area contributed by atoms with Crippen molar-refractivity contribution < 1.29 is 24.2 Å². The van der Waals surface area contributed by atoms with Crippen LogP contribution in [-0.2, 0) is 14.3 Å². The number of ether oxygens (including phenoxy) is 2. The molecule has 0 bridgehead atoms. The second kappa shape index (κ2) is 12.2. The van der Waals surface area contributed by atoms with Crippen LogP contribution < -0.4 is 10.6 Å². The molecule has 1 aromatic rings. The van der Waals surface area contributed by atoms with E-state index >= 15 is 0 Å². The van der Waals surface area contributed by atoms with Crippen LogP contribution in [0.25, 0.3) is 0 Å². The van der Waals surface area contributed by atoms with Gasteiger partial charge in [-0.2, -0.15) is 0 Å². The highest BCUT2D eigenvalue weighted by Crippen LogP contribution is 2.29. The molecule has 9 heteroatoms. The zero-order valence-corrected chi connectivity index (χ0v) is 20.3. The summed E-state index contributed by atoms with van der Waals surface area (Å²) < 4.78 is 11.9. The van der Waals surface area contributed by atoms with Gasteiger partial charge in [0, 0.05) is 17.3 Å². The molecule has 1 aromatic carbocycles. The van der Waals surface area contributed by atoms with Crippen LogP contribution in [0.1, 0.15) is 51.4 Å². The number of benzene rings is 1. The van der Waals surface area contributed by atoms with Crippen LogP contribution in [0.3, 0.4) is 0 Å². The zero-order valence-electron chi connectivity index (χ0n) is 19.6. The number of amides is 3. The Morgan fingerprint density at radius 3 is 2.74 bits per heavy atom. The van der Waals surface area contributed by atoms with Gasteiger partial charge >= 0.3 is 6.03 Å². The second-order valence-corrected chi connectivity index (χ2v) is 10.2. The Morgan fingerprint density at radius 2 is 1.94 bits per heavy atom. The predicted molar refractivity (Wildman–Crippen MR) is 130 cm³/mol. The maximum absolute atomic E-state index is 13.1. The van der Waals surface area contributed by atoms with Crippen molar-refractivity contribution in [3.05, 3.63) is 29.3 Å². The molecule has 0 radical (unpaired) electrons. The highest BCUT2D eigenvalue weighted by atomic mass is 35.5. The summed E-state index contributed by atoms with van der Waals surface area (Å²) in [4.78, 5) is 27.3. The number of urea groups is 1. The Labute approximate surface area is 206 Å². The van der Waals surface area contributed by atoms with E-state index in [0.29, 0.717) is 35.9 Å². The fourth-order valence-electron chi connectivity index (χ4n) is 5.26. The normalized spacial score (nSPS) is 28.4. The van der Waals surface area contributed by atoms with Crippen LogP contribution in [0, 0.1) is 5.92 Å². The summed E-state index contributed by atoms with van der Waals surface area (Å²) in [5.41, 5.74) is 0.589. The summed E-state index contributed by atoms with van der Waals surface area (Å²) in [5, 5.41) is 16.8. The van der Waals surface area contributed by atoms with Crippen LogP contribution >= 0.6 is 11.6 Å². The van der Waals surface area contributed by atoms with Crippen LogP contribution in [0.4, 0.5) is 10.5 Å². The minimum atomic E-state index is -0.783. The first-order valence-corrected chi connectivity index (χ1v) is 12.9. The molecule has 34 heavy (non-hydrogen) atoms. The molecule has 1 saturated carbocycles. The second-order valence-electron chi connectivity index (χ2n) is 9.74. The fourth-order valence-corrected chi connectivity index (χ4v) is 5.45. The van der Waals surface area contributed by atoms with E-state index in [1.807, 2.05) is 0 Å². The SMILES string of the molecule is O=C(C[C@H]1CC[C@H]2[C@@H](COC[C@@H](O)CN2C(=O)Nc2cccc(Cl)c2)O1)NCC1CCCCC1. The third kappa shape index (κ3) is 7.07. The van der Waals surface area contributed by atoms with Gasteiger partial charge in [0.25, 0.3) is 0 Å². The Bertz CT molecular complexity index is 835. The van der Waals surface area contributed by atoms with Gasteiger partial charge in [0.1, 0.15) is 6.10 Å². The lowest BCUT2D eigenvalue weighted by Crippen LogP contribution is -2.58. The summed E-state index contributed by atoms with van der Waals surface area (Å²) in [5.74, 6) is 0.609. The molecule has 0 spiro atoms. The van der Waals surface area contributed by atoms with Crippen molar-refractivity contribution in [3.63, 3.8) is 0 Å². The van der Waals surface area contributed by atoms with Crippen LogP contribution in [-0.4, -0.2) is 72.6 Å². The van der Waals surface area contributed by atoms with Gasteiger partial charge in [-0.05, 0) is 49.8 Å². The van der Waals surface area contributed by atoms with E-state index in [1.54, 1.807) is 29.2 Å². The van der Waals surface area contributed by atoms with E-state index in [-0.39, 0.29) is 49.9 Å². The standard InChI is InChI=1S/C25H36ClN3O5/c26-18-7-4-8-19(11-18)28-25(32)29-14-20(30)15-33-16-23-22(29)10-9-21(34-23)12-24(31)27-13-17-5-2-1-3-6-17/h4,7-8,11,17,20-23,30H,1-3,5-6,9-10,12-16H2,(H,27,31)(H,28,32)/t20-,21+,22-,23+/m0/s1. The first-order valence-electron chi connectivity index (χ1n) is 12.5. The summed E-state index contributed by atoms with van der Waals surface area (Å²) >= 11 is 6.05. The van der Waals surface area contributed by atoms with Crippen molar-refractivity contribution in [1.29, 1.82) is 0 Å². The number of aliphatic hydroxyl groups is 1. The van der Waals surface area contributed by atoms with E-state index in [4.69, 9.17) is 21.1 Å². The largest absolute Gasteiger partial charge is 0.389 e. The number of hydrogen-bond acceptors (Lipinski definition) is 5. The molecule has 2 saturated heterocycles.